The van der Waals surface area contributed by atoms with Gasteiger partial charge in [0.15, 0.2) is 0 Å². The number of nitriles is 1. The van der Waals surface area contributed by atoms with Crippen molar-refractivity contribution in [1.29, 1.82) is 5.26 Å². The SMILES string of the molecule is CCCCNC(=O)/C(C#N)=C\c1c(F)cccc1Cl. The first-order valence-electron chi connectivity index (χ1n) is 5.94. The summed E-state index contributed by atoms with van der Waals surface area (Å²) in [6.45, 7) is 2.48. The van der Waals surface area contributed by atoms with Crippen molar-refractivity contribution in [3.05, 3.63) is 40.2 Å². The Morgan fingerprint density at radius 1 is 1.58 bits per heavy atom. The third kappa shape index (κ3) is 4.38. The maximum Gasteiger partial charge on any atom is 0.261 e. The van der Waals surface area contributed by atoms with Crippen molar-refractivity contribution in [2.45, 2.75) is 19.8 Å². The molecule has 1 aromatic carbocycles. The molecule has 0 spiro atoms. The standard InChI is InChI=1S/C14H14ClFN2O/c1-2-3-7-18-14(19)10(9-17)8-11-12(15)5-4-6-13(11)16/h4-6,8H,2-3,7H2,1H3,(H,18,19)/b10-8-. The highest BCUT2D eigenvalue weighted by Crippen LogP contribution is 2.21. The third-order valence-corrected chi connectivity index (χ3v) is 2.80. The quantitative estimate of drug-likeness (QED) is 0.511. The Kier molecular flexibility index (Phi) is 6.04. The van der Waals surface area contributed by atoms with E-state index in [0.29, 0.717) is 6.54 Å². The van der Waals surface area contributed by atoms with E-state index in [-0.39, 0.29) is 16.2 Å². The van der Waals surface area contributed by atoms with Gasteiger partial charge in [0.05, 0.1) is 5.02 Å². The maximum absolute atomic E-state index is 13.5. The van der Waals surface area contributed by atoms with E-state index in [1.54, 1.807) is 6.07 Å². The van der Waals surface area contributed by atoms with Crippen LogP contribution >= 0.6 is 11.6 Å². The van der Waals surface area contributed by atoms with E-state index in [1.165, 1.54) is 24.3 Å². The molecule has 5 heteroatoms. The predicted molar refractivity (Wildman–Crippen MR) is 72.9 cm³/mol. The predicted octanol–water partition coefficient (Wildman–Crippen LogP) is 3.30. The van der Waals surface area contributed by atoms with Crippen molar-refractivity contribution < 1.29 is 9.18 Å². The highest BCUT2D eigenvalue weighted by Gasteiger charge is 2.11. The van der Waals surface area contributed by atoms with Gasteiger partial charge < -0.3 is 5.32 Å². The van der Waals surface area contributed by atoms with Crippen LogP contribution < -0.4 is 5.32 Å². The highest BCUT2D eigenvalue weighted by atomic mass is 35.5. The van der Waals surface area contributed by atoms with Gasteiger partial charge in [-0.05, 0) is 24.6 Å². The monoisotopic (exact) mass is 280 g/mol. The smallest absolute Gasteiger partial charge is 0.261 e. The van der Waals surface area contributed by atoms with Gasteiger partial charge >= 0.3 is 0 Å². The van der Waals surface area contributed by atoms with Crippen LogP contribution in [0.2, 0.25) is 5.02 Å². The molecule has 1 rings (SSSR count). The van der Waals surface area contributed by atoms with Crippen LogP contribution in [0.5, 0.6) is 0 Å². The van der Waals surface area contributed by atoms with Gasteiger partial charge in [-0.1, -0.05) is 31.0 Å². The van der Waals surface area contributed by atoms with Gasteiger partial charge in [0.2, 0.25) is 0 Å². The number of nitrogens with one attached hydrogen (secondary N) is 1. The fraction of sp³-hybridized carbons (Fsp3) is 0.286. The number of halogens is 2. The summed E-state index contributed by atoms with van der Waals surface area (Å²) in [6, 6.07) is 5.94. The molecule has 0 unspecified atom stereocenters. The first-order chi connectivity index (χ1) is 9.10. The minimum atomic E-state index is -0.568. The summed E-state index contributed by atoms with van der Waals surface area (Å²) in [4.78, 5) is 11.7. The van der Waals surface area contributed by atoms with Crippen LogP contribution in [-0.2, 0) is 4.79 Å². The van der Waals surface area contributed by atoms with E-state index in [1.807, 2.05) is 6.92 Å². The summed E-state index contributed by atoms with van der Waals surface area (Å²) >= 11 is 5.84. The van der Waals surface area contributed by atoms with Crippen molar-refractivity contribution >= 4 is 23.6 Å². The molecular weight excluding hydrogens is 267 g/mol. The van der Waals surface area contributed by atoms with Gasteiger partial charge in [-0.2, -0.15) is 5.26 Å². The van der Waals surface area contributed by atoms with Crippen molar-refractivity contribution in [3.63, 3.8) is 0 Å². The molecule has 3 nitrogen and oxygen atoms in total. The van der Waals surface area contributed by atoms with Crippen LogP contribution in [0.15, 0.2) is 23.8 Å². The van der Waals surface area contributed by atoms with Gasteiger partial charge in [-0.15, -0.1) is 0 Å². The first-order valence-corrected chi connectivity index (χ1v) is 6.32. The number of carbonyl (C=O) groups excluding carboxylic acids is 1. The second-order valence-electron chi connectivity index (χ2n) is 3.91. The summed E-state index contributed by atoms with van der Waals surface area (Å²) in [5.74, 6) is -1.09. The number of benzene rings is 1. The molecule has 0 saturated carbocycles. The molecule has 0 saturated heterocycles. The van der Waals surface area contributed by atoms with E-state index in [2.05, 4.69) is 5.32 Å². The molecule has 0 bridgehead atoms. The van der Waals surface area contributed by atoms with Gasteiger partial charge in [0.1, 0.15) is 17.5 Å². The van der Waals surface area contributed by atoms with Crippen LogP contribution in [0.4, 0.5) is 4.39 Å². The van der Waals surface area contributed by atoms with Crippen molar-refractivity contribution in [2.75, 3.05) is 6.54 Å². The number of rotatable bonds is 5. The summed E-state index contributed by atoms with van der Waals surface area (Å²) in [6.07, 6.45) is 2.93. The van der Waals surface area contributed by atoms with E-state index in [0.717, 1.165) is 12.8 Å². The second kappa shape index (κ2) is 7.55. The minimum absolute atomic E-state index is 0.0476. The molecule has 0 radical (unpaired) electrons. The summed E-state index contributed by atoms with van der Waals surface area (Å²) in [5, 5.41) is 11.7. The molecular formula is C14H14ClFN2O. The first kappa shape index (κ1) is 15.2. The molecule has 0 atom stereocenters. The summed E-state index contributed by atoms with van der Waals surface area (Å²) < 4.78 is 13.5. The van der Waals surface area contributed by atoms with E-state index in [4.69, 9.17) is 16.9 Å². The molecule has 0 aliphatic heterocycles. The average Bonchev–Trinajstić information content (AvgIpc) is 2.38. The topological polar surface area (TPSA) is 52.9 Å². The second-order valence-corrected chi connectivity index (χ2v) is 4.32. The molecule has 0 aliphatic rings. The number of amides is 1. The lowest BCUT2D eigenvalue weighted by Gasteiger charge is -2.04. The van der Waals surface area contributed by atoms with Gasteiger partial charge in [0, 0.05) is 12.1 Å². The fourth-order valence-electron chi connectivity index (χ4n) is 1.42. The van der Waals surface area contributed by atoms with Crippen molar-refractivity contribution in [3.8, 4) is 6.07 Å². The van der Waals surface area contributed by atoms with Crippen molar-refractivity contribution in [1.82, 2.24) is 5.32 Å². The Morgan fingerprint density at radius 3 is 2.89 bits per heavy atom. The van der Waals surface area contributed by atoms with E-state index >= 15 is 0 Å². The Labute approximate surface area is 116 Å². The molecule has 100 valence electrons. The lowest BCUT2D eigenvalue weighted by molar-refractivity contribution is -0.117. The minimum Gasteiger partial charge on any atom is -0.351 e. The largest absolute Gasteiger partial charge is 0.351 e. The van der Waals surface area contributed by atoms with E-state index in [9.17, 15) is 9.18 Å². The molecule has 0 heterocycles. The summed E-state index contributed by atoms with van der Waals surface area (Å²) in [5.41, 5.74) is -0.116. The third-order valence-electron chi connectivity index (χ3n) is 2.47. The number of unbranched alkanes of at least 4 members (excludes halogenated alkanes) is 1. The van der Waals surface area contributed by atoms with Crippen LogP contribution in [0.25, 0.3) is 6.08 Å². The van der Waals surface area contributed by atoms with Crippen LogP contribution in [0, 0.1) is 17.1 Å². The van der Waals surface area contributed by atoms with Crippen LogP contribution in [-0.4, -0.2) is 12.5 Å². The zero-order chi connectivity index (χ0) is 14.3. The molecule has 0 aliphatic carbocycles. The van der Waals surface area contributed by atoms with Crippen LogP contribution in [0.3, 0.4) is 0 Å². The zero-order valence-electron chi connectivity index (χ0n) is 10.5. The molecule has 0 aromatic heterocycles. The Hall–Kier alpha value is -1.86. The normalized spacial score (nSPS) is 10.9. The molecule has 1 aromatic rings. The Bertz CT molecular complexity index is 514. The average molecular weight is 281 g/mol. The molecule has 1 amide bonds. The summed E-state index contributed by atoms with van der Waals surface area (Å²) in [7, 11) is 0. The zero-order valence-corrected chi connectivity index (χ0v) is 11.3. The number of hydrogen-bond acceptors (Lipinski definition) is 2. The van der Waals surface area contributed by atoms with Crippen molar-refractivity contribution in [2.24, 2.45) is 0 Å². The van der Waals surface area contributed by atoms with Gasteiger partial charge in [-0.25, -0.2) is 4.39 Å². The van der Waals surface area contributed by atoms with E-state index < -0.39 is 11.7 Å². The van der Waals surface area contributed by atoms with Gasteiger partial charge in [0.25, 0.3) is 5.91 Å². The lowest BCUT2D eigenvalue weighted by atomic mass is 10.1. The maximum atomic E-state index is 13.5. The molecule has 0 fully saturated rings. The Balaban J connectivity index is 2.94. The Morgan fingerprint density at radius 2 is 2.32 bits per heavy atom. The number of nitrogens with zero attached hydrogens (tertiary/aromatic N) is 1. The molecule has 19 heavy (non-hydrogen) atoms. The number of hydrogen-bond donors (Lipinski definition) is 1. The highest BCUT2D eigenvalue weighted by molar-refractivity contribution is 6.32. The molecule has 1 N–H and O–H groups in total. The number of carbonyl (C=O) groups is 1. The van der Waals surface area contributed by atoms with Crippen LogP contribution in [0.1, 0.15) is 25.3 Å². The van der Waals surface area contributed by atoms with Gasteiger partial charge in [-0.3, -0.25) is 4.79 Å². The fourth-order valence-corrected chi connectivity index (χ4v) is 1.63. The lowest BCUT2D eigenvalue weighted by Crippen LogP contribution is -2.25.